The Kier molecular flexibility index (Phi) is 10.5. The Morgan fingerprint density at radius 1 is 0.804 bits per heavy atom. The Morgan fingerprint density at radius 3 is 2.46 bits per heavy atom. The third kappa shape index (κ3) is 7.47. The summed E-state index contributed by atoms with van der Waals surface area (Å²) in [7, 11) is 1.97. The maximum absolute atomic E-state index is 14.2. The molecule has 0 fully saturated rings. The van der Waals surface area contributed by atoms with Gasteiger partial charge in [0.25, 0.3) is 0 Å². The zero-order valence-electron chi connectivity index (χ0n) is 30.9. The van der Waals surface area contributed by atoms with Crippen molar-refractivity contribution in [3.63, 3.8) is 0 Å². The van der Waals surface area contributed by atoms with Gasteiger partial charge in [-0.15, -0.1) is 0 Å². The minimum atomic E-state index is -0.715. The van der Waals surface area contributed by atoms with Crippen LogP contribution in [0.5, 0.6) is 11.6 Å². The number of halogens is 3. The molecule has 1 unspecified atom stereocenters. The predicted octanol–water partition coefficient (Wildman–Crippen LogP) is 8.48. The van der Waals surface area contributed by atoms with Gasteiger partial charge in [-0.05, 0) is 60.9 Å². The van der Waals surface area contributed by atoms with Crippen LogP contribution in [0, 0.1) is 11.7 Å². The number of hydrogen-bond acceptors (Lipinski definition) is 8. The lowest BCUT2D eigenvalue weighted by atomic mass is 10.0. The van der Waals surface area contributed by atoms with Crippen molar-refractivity contribution in [2.75, 3.05) is 50.4 Å². The van der Waals surface area contributed by atoms with Crippen molar-refractivity contribution in [2.24, 2.45) is 13.0 Å². The highest BCUT2D eigenvalue weighted by atomic mass is 19.1. The predicted molar refractivity (Wildman–Crippen MR) is 212 cm³/mol. The van der Waals surface area contributed by atoms with Gasteiger partial charge in [-0.3, -0.25) is 0 Å². The van der Waals surface area contributed by atoms with E-state index < -0.39 is 19.2 Å². The largest absolute Gasteiger partial charge is 0.488 e. The molecule has 14 heteroatoms. The average Bonchev–Trinajstić information content (AvgIpc) is 3.65. The van der Waals surface area contributed by atoms with Crippen LogP contribution in [0.4, 0.5) is 36.3 Å². The molecule has 0 radical (unpaired) electrons. The summed E-state index contributed by atoms with van der Waals surface area (Å²) in [6.45, 7) is 1.27. The number of anilines is 4. The highest BCUT2D eigenvalue weighted by Gasteiger charge is 2.24. The number of nitrogens with zero attached hydrogens (tertiary/aromatic N) is 6. The van der Waals surface area contributed by atoms with Crippen LogP contribution in [0.3, 0.4) is 0 Å². The average molecular weight is 762 g/mol. The molecular formula is C42H40F3N8O3+. The minimum absolute atomic E-state index is 0.0311. The molecule has 8 rings (SSSR count). The first-order valence-corrected chi connectivity index (χ1v) is 18.4. The smallest absolute Gasteiger partial charge is 0.215 e. The van der Waals surface area contributed by atoms with Crippen LogP contribution >= 0.6 is 0 Å². The monoisotopic (exact) mass is 761 g/mol. The third-order valence-corrected chi connectivity index (χ3v) is 9.46. The van der Waals surface area contributed by atoms with E-state index in [-0.39, 0.29) is 32.2 Å². The van der Waals surface area contributed by atoms with Crippen molar-refractivity contribution in [1.82, 2.24) is 24.2 Å². The van der Waals surface area contributed by atoms with Crippen LogP contribution < -0.4 is 24.8 Å². The van der Waals surface area contributed by atoms with Crippen LogP contribution in [-0.4, -0.2) is 64.0 Å². The number of fused-ring (bicyclic) bond motifs is 6. The zero-order chi connectivity index (χ0) is 38.6. The fourth-order valence-electron chi connectivity index (χ4n) is 6.81. The molecule has 0 saturated heterocycles. The lowest BCUT2D eigenvalue weighted by Gasteiger charge is -2.10. The molecule has 56 heavy (non-hydrogen) atoms. The zero-order valence-corrected chi connectivity index (χ0v) is 30.9. The summed E-state index contributed by atoms with van der Waals surface area (Å²) in [6, 6.07) is 19.7. The second-order valence-corrected chi connectivity index (χ2v) is 13.3. The van der Waals surface area contributed by atoms with Gasteiger partial charge in [-0.2, -0.15) is 4.98 Å². The molecule has 11 nitrogen and oxygen atoms in total. The van der Waals surface area contributed by atoms with Gasteiger partial charge in [-0.25, -0.2) is 23.1 Å². The molecule has 2 N–H and O–H groups in total. The molecule has 1 atom stereocenters. The van der Waals surface area contributed by atoms with Gasteiger partial charge < -0.3 is 29.4 Å². The number of ether oxygens (including phenoxy) is 3. The van der Waals surface area contributed by atoms with E-state index in [2.05, 4.69) is 69.9 Å². The molecule has 1 aliphatic carbocycles. The second kappa shape index (κ2) is 16.1. The van der Waals surface area contributed by atoms with Crippen LogP contribution in [0.25, 0.3) is 45.1 Å². The molecule has 0 aliphatic heterocycles. The van der Waals surface area contributed by atoms with Crippen LogP contribution in [-0.2, 0) is 11.8 Å². The first kappa shape index (κ1) is 36.6. The van der Waals surface area contributed by atoms with E-state index in [4.69, 9.17) is 24.2 Å². The Morgan fingerprint density at radius 2 is 1.61 bits per heavy atom. The standard InChI is InChI=1S/C42H40F3N8O3/c1-27-5-3-6-29-30-11-16-39(47-37-7-4-8-40(48-37)56-24-23-54-21-18-43)50-42(30)53(35(29)14-9-27)52-20-17-34-32(26-52)31-12-15-38(49-41(31)51(34)2)46-28-10-13-33(45)36(25-28)55-22-19-44/h3-4,6-17,20,25-27H,5,18-19,21-24H2,1-2H3,(H,46,49)(H,47,48,50)/q+1. The van der Waals surface area contributed by atoms with E-state index in [1.165, 1.54) is 12.1 Å². The summed E-state index contributed by atoms with van der Waals surface area (Å²) in [4.78, 5) is 14.6. The maximum Gasteiger partial charge on any atom is 0.215 e. The summed E-state index contributed by atoms with van der Waals surface area (Å²) < 4.78 is 61.5. The lowest BCUT2D eigenvalue weighted by Crippen LogP contribution is -2.42. The van der Waals surface area contributed by atoms with E-state index in [0.717, 1.165) is 50.6 Å². The number of nitrogens with one attached hydrogen (secondary N) is 2. The van der Waals surface area contributed by atoms with Gasteiger partial charge in [0.05, 0.1) is 24.1 Å². The van der Waals surface area contributed by atoms with E-state index in [1.54, 1.807) is 12.1 Å². The quantitative estimate of drug-likeness (QED) is 0.0841. The summed E-state index contributed by atoms with van der Waals surface area (Å²) in [6.07, 6.45) is 13.8. The van der Waals surface area contributed by atoms with Crippen molar-refractivity contribution in [3.8, 4) is 11.6 Å². The molecule has 0 spiro atoms. The summed E-state index contributed by atoms with van der Waals surface area (Å²) in [5.41, 5.74) is 5.08. The molecule has 1 aromatic carbocycles. The fourth-order valence-corrected chi connectivity index (χ4v) is 6.81. The number of rotatable bonds is 14. The normalized spacial score (nSPS) is 13.9. The summed E-state index contributed by atoms with van der Waals surface area (Å²) in [5.74, 6) is 1.88. The number of alkyl halides is 2. The SMILES string of the molecule is CC1C=Cc2c(c3ccc(Nc4cccc(OCCOCCF)n4)nc3n2-[n+]2ccc3c(c2)c2ccc(Nc4ccc(F)c(OCCF)c4)nc2n3C)C=CC1. The molecule has 0 saturated carbocycles. The minimum Gasteiger partial charge on any atom is -0.488 e. The number of hydrogen-bond donors (Lipinski definition) is 2. The Bertz CT molecular complexity index is 2600. The number of allylic oxidation sites excluding steroid dienone is 2. The van der Waals surface area contributed by atoms with E-state index in [0.29, 0.717) is 34.9 Å². The summed E-state index contributed by atoms with van der Waals surface area (Å²) >= 11 is 0. The van der Waals surface area contributed by atoms with Crippen LogP contribution in [0.2, 0.25) is 0 Å². The first-order valence-electron chi connectivity index (χ1n) is 18.4. The molecule has 6 heterocycles. The van der Waals surface area contributed by atoms with Crippen molar-refractivity contribution < 1.29 is 32.1 Å². The van der Waals surface area contributed by atoms with E-state index in [9.17, 15) is 13.2 Å². The van der Waals surface area contributed by atoms with Gasteiger partial charge in [0.15, 0.2) is 11.6 Å². The maximum atomic E-state index is 14.2. The van der Waals surface area contributed by atoms with Crippen LogP contribution in [0.15, 0.2) is 91.3 Å². The fraction of sp³-hybridized carbons (Fsp3) is 0.238. The van der Waals surface area contributed by atoms with Crippen molar-refractivity contribution >= 4 is 68.3 Å². The van der Waals surface area contributed by atoms with Gasteiger partial charge in [0, 0.05) is 47.3 Å². The highest BCUT2D eigenvalue weighted by molar-refractivity contribution is 6.06. The summed E-state index contributed by atoms with van der Waals surface area (Å²) in [5, 5.41) is 9.46. The Labute approximate surface area is 320 Å². The molecule has 286 valence electrons. The van der Waals surface area contributed by atoms with Crippen LogP contribution in [0.1, 0.15) is 24.6 Å². The molecule has 0 bridgehead atoms. The van der Waals surface area contributed by atoms with Gasteiger partial charge in [-0.1, -0.05) is 40.6 Å². The molecule has 6 aromatic heterocycles. The third-order valence-electron chi connectivity index (χ3n) is 9.46. The van der Waals surface area contributed by atoms with Gasteiger partial charge in [0.1, 0.15) is 55.4 Å². The highest BCUT2D eigenvalue weighted by Crippen LogP contribution is 2.33. The molecule has 0 amide bonds. The number of aryl methyl sites for hydroxylation is 1. The number of benzene rings is 1. The Balaban J connectivity index is 1.16. The molecule has 1 aliphatic rings. The van der Waals surface area contributed by atoms with Crippen molar-refractivity contribution in [1.29, 1.82) is 0 Å². The first-order chi connectivity index (χ1) is 27.4. The van der Waals surface area contributed by atoms with E-state index in [1.807, 2.05) is 52.8 Å². The van der Waals surface area contributed by atoms with Gasteiger partial charge >= 0.3 is 0 Å². The number of aromatic nitrogens is 6. The van der Waals surface area contributed by atoms with Gasteiger partial charge in [0.2, 0.25) is 23.9 Å². The topological polar surface area (TPSA) is 104 Å². The lowest BCUT2D eigenvalue weighted by molar-refractivity contribution is -0.723. The van der Waals surface area contributed by atoms with Crippen molar-refractivity contribution in [3.05, 3.63) is 108 Å². The number of pyridine rings is 4. The molecule has 7 aromatic rings. The molecular weight excluding hydrogens is 722 g/mol. The van der Waals surface area contributed by atoms with Crippen molar-refractivity contribution in [2.45, 2.75) is 13.3 Å². The Hall–Kier alpha value is -6.41. The second-order valence-electron chi connectivity index (χ2n) is 13.3. The van der Waals surface area contributed by atoms with E-state index >= 15 is 0 Å².